The number of azo groups is 1. The average molecular weight is 265 g/mol. The number of rotatable bonds is 3. The molecule has 0 atom stereocenters. The maximum Gasteiger partial charge on any atom is 0.335 e. The van der Waals surface area contributed by atoms with E-state index in [1.807, 2.05) is 24.3 Å². The maximum absolute atomic E-state index is 10.7. The molecular weight excluding hydrogens is 254 g/mol. The van der Waals surface area contributed by atoms with Crippen molar-refractivity contribution in [3.63, 3.8) is 0 Å². The van der Waals surface area contributed by atoms with E-state index in [1.54, 1.807) is 18.3 Å². The number of para-hydroxylation sites is 1. The Morgan fingerprint density at radius 1 is 1.00 bits per heavy atom. The Kier molecular flexibility index (Phi) is 3.01. The highest BCUT2D eigenvalue weighted by atomic mass is 16.4. The van der Waals surface area contributed by atoms with E-state index in [4.69, 9.17) is 5.11 Å². The highest BCUT2D eigenvalue weighted by molar-refractivity contribution is 5.90. The lowest BCUT2D eigenvalue weighted by Crippen LogP contribution is -1.93. The van der Waals surface area contributed by atoms with E-state index in [9.17, 15) is 4.79 Å². The van der Waals surface area contributed by atoms with Gasteiger partial charge in [-0.1, -0.05) is 18.2 Å². The summed E-state index contributed by atoms with van der Waals surface area (Å²) < 4.78 is 0. The highest BCUT2D eigenvalue weighted by Crippen LogP contribution is 2.27. The van der Waals surface area contributed by atoms with E-state index in [1.165, 1.54) is 12.1 Å². The van der Waals surface area contributed by atoms with Gasteiger partial charge in [0.2, 0.25) is 0 Å². The summed E-state index contributed by atoms with van der Waals surface area (Å²) in [4.78, 5) is 13.9. The van der Waals surface area contributed by atoms with Gasteiger partial charge < -0.3 is 10.1 Å². The quantitative estimate of drug-likeness (QED) is 0.693. The smallest absolute Gasteiger partial charge is 0.335 e. The van der Waals surface area contributed by atoms with Crippen molar-refractivity contribution in [2.75, 3.05) is 0 Å². The van der Waals surface area contributed by atoms with Crippen LogP contribution in [0.25, 0.3) is 10.9 Å². The van der Waals surface area contributed by atoms with Crippen molar-refractivity contribution in [2.45, 2.75) is 0 Å². The average Bonchev–Trinajstić information content (AvgIpc) is 2.89. The first kappa shape index (κ1) is 12.1. The Bertz CT molecular complexity index is 788. The van der Waals surface area contributed by atoms with Crippen molar-refractivity contribution in [3.05, 3.63) is 60.3 Å². The van der Waals surface area contributed by atoms with Gasteiger partial charge in [0.05, 0.1) is 11.3 Å². The first-order valence-electron chi connectivity index (χ1n) is 6.05. The molecular formula is C15H11N3O2. The highest BCUT2D eigenvalue weighted by Gasteiger charge is 2.02. The summed E-state index contributed by atoms with van der Waals surface area (Å²) >= 11 is 0. The summed E-state index contributed by atoms with van der Waals surface area (Å²) in [6.07, 6.45) is 1.79. The minimum atomic E-state index is -0.954. The Balaban J connectivity index is 1.88. The number of carboxylic acids is 1. The third-order valence-electron chi connectivity index (χ3n) is 2.95. The van der Waals surface area contributed by atoms with Crippen LogP contribution in [0.1, 0.15) is 10.4 Å². The number of carbonyl (C=O) groups is 1. The number of H-pyrrole nitrogens is 1. The predicted molar refractivity (Wildman–Crippen MR) is 75.9 cm³/mol. The van der Waals surface area contributed by atoms with Crippen molar-refractivity contribution in [1.82, 2.24) is 4.98 Å². The number of fused-ring (bicyclic) bond motifs is 1. The summed E-state index contributed by atoms with van der Waals surface area (Å²) in [7, 11) is 0. The number of aromatic nitrogens is 1. The first-order valence-corrected chi connectivity index (χ1v) is 6.05. The standard InChI is InChI=1S/C15H11N3O2/c19-15(20)10-5-7-11(8-6-10)17-18-14-9-16-13-4-2-1-3-12(13)14/h1-9,16H,(H,19,20). The second-order valence-electron chi connectivity index (χ2n) is 4.27. The van der Waals surface area contributed by atoms with Gasteiger partial charge in [-0.05, 0) is 30.3 Å². The third-order valence-corrected chi connectivity index (χ3v) is 2.95. The Hall–Kier alpha value is -2.95. The van der Waals surface area contributed by atoms with Crippen molar-refractivity contribution in [1.29, 1.82) is 0 Å². The van der Waals surface area contributed by atoms with Gasteiger partial charge in [-0.15, -0.1) is 5.11 Å². The zero-order valence-corrected chi connectivity index (χ0v) is 10.4. The number of aromatic carboxylic acids is 1. The van der Waals surface area contributed by atoms with Crippen LogP contribution in [0.2, 0.25) is 0 Å². The molecule has 3 aromatic rings. The van der Waals surface area contributed by atoms with Gasteiger partial charge >= 0.3 is 5.97 Å². The largest absolute Gasteiger partial charge is 0.478 e. The second kappa shape index (κ2) is 4.97. The lowest BCUT2D eigenvalue weighted by Gasteiger charge is -1.95. The van der Waals surface area contributed by atoms with Crippen molar-refractivity contribution >= 4 is 28.2 Å². The summed E-state index contributed by atoms with van der Waals surface area (Å²) in [5.41, 5.74) is 2.60. The summed E-state index contributed by atoms with van der Waals surface area (Å²) in [5.74, 6) is -0.954. The molecule has 0 spiro atoms. The molecule has 0 aliphatic carbocycles. The van der Waals surface area contributed by atoms with E-state index in [0.29, 0.717) is 5.69 Å². The zero-order valence-electron chi connectivity index (χ0n) is 10.4. The molecule has 0 saturated heterocycles. The molecule has 0 saturated carbocycles. The van der Waals surface area contributed by atoms with E-state index in [-0.39, 0.29) is 5.56 Å². The predicted octanol–water partition coefficient (Wildman–Crippen LogP) is 4.28. The maximum atomic E-state index is 10.7. The van der Waals surface area contributed by atoms with Gasteiger partial charge in [0.25, 0.3) is 0 Å². The fraction of sp³-hybridized carbons (Fsp3) is 0. The lowest BCUT2D eigenvalue weighted by molar-refractivity contribution is 0.0697. The molecule has 2 N–H and O–H groups in total. The van der Waals surface area contributed by atoms with E-state index in [2.05, 4.69) is 15.2 Å². The number of nitrogens with zero attached hydrogens (tertiary/aromatic N) is 2. The minimum Gasteiger partial charge on any atom is -0.478 e. The van der Waals surface area contributed by atoms with Crippen LogP contribution in [-0.2, 0) is 0 Å². The Morgan fingerprint density at radius 2 is 1.75 bits per heavy atom. The number of aromatic amines is 1. The molecule has 1 heterocycles. The van der Waals surface area contributed by atoms with Crippen molar-refractivity contribution < 1.29 is 9.90 Å². The van der Waals surface area contributed by atoms with Gasteiger partial charge in [-0.3, -0.25) is 0 Å². The van der Waals surface area contributed by atoms with Crippen LogP contribution in [0, 0.1) is 0 Å². The van der Waals surface area contributed by atoms with E-state index < -0.39 is 5.97 Å². The topological polar surface area (TPSA) is 77.8 Å². The molecule has 0 radical (unpaired) electrons. The lowest BCUT2D eigenvalue weighted by atomic mass is 10.2. The van der Waals surface area contributed by atoms with Crippen LogP contribution < -0.4 is 0 Å². The summed E-state index contributed by atoms with van der Waals surface area (Å²) in [5, 5.41) is 18.1. The number of hydrogen-bond donors (Lipinski definition) is 2. The van der Waals surface area contributed by atoms with Gasteiger partial charge in [0.1, 0.15) is 5.69 Å². The molecule has 0 aliphatic rings. The molecule has 2 aromatic carbocycles. The second-order valence-corrected chi connectivity index (χ2v) is 4.27. The van der Waals surface area contributed by atoms with Gasteiger partial charge in [-0.2, -0.15) is 5.11 Å². The van der Waals surface area contributed by atoms with Crippen molar-refractivity contribution in [3.8, 4) is 0 Å². The van der Waals surface area contributed by atoms with Crippen LogP contribution >= 0.6 is 0 Å². The fourth-order valence-corrected chi connectivity index (χ4v) is 1.92. The number of benzene rings is 2. The minimum absolute atomic E-state index is 0.232. The molecule has 0 aliphatic heterocycles. The molecule has 5 heteroatoms. The molecule has 1 aromatic heterocycles. The SMILES string of the molecule is O=C(O)c1ccc(N=Nc2c[nH]c3ccccc23)cc1. The number of nitrogens with one attached hydrogen (secondary N) is 1. The van der Waals surface area contributed by atoms with Crippen LogP contribution in [0.4, 0.5) is 11.4 Å². The molecule has 3 rings (SSSR count). The van der Waals surface area contributed by atoms with E-state index in [0.717, 1.165) is 16.6 Å². The number of hydrogen-bond acceptors (Lipinski definition) is 3. The Morgan fingerprint density at radius 3 is 2.50 bits per heavy atom. The number of carboxylic acid groups (broad SMARTS) is 1. The van der Waals surface area contributed by atoms with Crippen molar-refractivity contribution in [2.24, 2.45) is 10.2 Å². The zero-order chi connectivity index (χ0) is 13.9. The molecule has 5 nitrogen and oxygen atoms in total. The van der Waals surface area contributed by atoms with E-state index >= 15 is 0 Å². The van der Waals surface area contributed by atoms with Gasteiger partial charge in [0, 0.05) is 17.1 Å². The normalized spacial score (nSPS) is 11.2. The summed E-state index contributed by atoms with van der Waals surface area (Å²) in [6.45, 7) is 0. The van der Waals surface area contributed by atoms with Crippen LogP contribution in [0.5, 0.6) is 0 Å². The fourth-order valence-electron chi connectivity index (χ4n) is 1.92. The van der Waals surface area contributed by atoms with Crippen LogP contribution in [0.15, 0.2) is 65.0 Å². The van der Waals surface area contributed by atoms with Gasteiger partial charge in [-0.25, -0.2) is 4.79 Å². The first-order chi connectivity index (χ1) is 9.74. The molecule has 0 bridgehead atoms. The molecule has 0 amide bonds. The molecule has 98 valence electrons. The van der Waals surface area contributed by atoms with Crippen LogP contribution in [0.3, 0.4) is 0 Å². The third kappa shape index (κ3) is 2.29. The monoisotopic (exact) mass is 265 g/mol. The van der Waals surface area contributed by atoms with Crippen LogP contribution in [-0.4, -0.2) is 16.1 Å². The Labute approximate surface area is 114 Å². The summed E-state index contributed by atoms with van der Waals surface area (Å²) in [6, 6.07) is 14.1. The molecule has 0 fully saturated rings. The van der Waals surface area contributed by atoms with Gasteiger partial charge in [0.15, 0.2) is 0 Å². The molecule has 0 unspecified atom stereocenters. The molecule has 20 heavy (non-hydrogen) atoms.